The van der Waals surface area contributed by atoms with Crippen LogP contribution in [0.2, 0.25) is 0 Å². The molecule has 2 fully saturated rings. The maximum absolute atomic E-state index is 13.4. The van der Waals surface area contributed by atoms with Crippen LogP contribution in [0.1, 0.15) is 65.5 Å². The Morgan fingerprint density at radius 2 is 1.88 bits per heavy atom. The van der Waals surface area contributed by atoms with Crippen molar-refractivity contribution in [3.05, 3.63) is 46.6 Å². The molecule has 234 valence electrons. The van der Waals surface area contributed by atoms with Gasteiger partial charge in [0.1, 0.15) is 41.5 Å². The van der Waals surface area contributed by atoms with Crippen LogP contribution in [-0.2, 0) is 33.4 Å². The van der Waals surface area contributed by atoms with Gasteiger partial charge in [0.05, 0.1) is 12.4 Å². The molecule has 0 amide bonds. The fourth-order valence-corrected chi connectivity index (χ4v) is 8.71. The molecule has 2 aromatic heterocycles. The molecule has 1 N–H and O–H groups in total. The fourth-order valence-electron chi connectivity index (χ4n) is 8.02. The van der Waals surface area contributed by atoms with Crippen molar-refractivity contribution in [2.24, 2.45) is 22.7 Å². The van der Waals surface area contributed by atoms with E-state index in [-0.39, 0.29) is 30.1 Å². The van der Waals surface area contributed by atoms with Crippen molar-refractivity contribution in [2.45, 2.75) is 77.8 Å². The molecule has 2 aromatic rings. The number of carbonyl (C=O) groups excluding carboxylic acids is 2. The molecule has 5 rings (SSSR count). The van der Waals surface area contributed by atoms with Gasteiger partial charge in [-0.1, -0.05) is 13.8 Å². The van der Waals surface area contributed by atoms with E-state index in [1.165, 1.54) is 26.1 Å². The summed E-state index contributed by atoms with van der Waals surface area (Å²) in [5.41, 5.74) is -3.63. The van der Waals surface area contributed by atoms with E-state index in [1.807, 2.05) is 13.8 Å². The molecule has 0 spiro atoms. The molecule has 3 heterocycles. The van der Waals surface area contributed by atoms with Crippen LogP contribution in [0.25, 0.3) is 11.3 Å². The van der Waals surface area contributed by atoms with Crippen LogP contribution in [0.5, 0.6) is 5.75 Å². The molecular weight excluding hydrogens is 582 g/mol. The number of nitrogens with zero attached hydrogens (tertiary/aromatic N) is 1. The fraction of sp³-hybridized carbons (Fsp3) is 0.600. The third-order valence-corrected chi connectivity index (χ3v) is 10.3. The first kappa shape index (κ1) is 31.1. The van der Waals surface area contributed by atoms with Gasteiger partial charge in [-0.25, -0.2) is 4.79 Å². The lowest BCUT2D eigenvalue weighted by atomic mass is 9.42. The Bertz CT molecular complexity index is 1590. The Balaban J connectivity index is 1.68. The van der Waals surface area contributed by atoms with Crippen LogP contribution in [0.15, 0.2) is 39.8 Å². The van der Waals surface area contributed by atoms with Crippen molar-refractivity contribution in [1.29, 1.82) is 0 Å². The molecule has 0 saturated heterocycles. The van der Waals surface area contributed by atoms with E-state index in [1.54, 1.807) is 25.3 Å². The first-order valence-corrected chi connectivity index (χ1v) is 16.0. The van der Waals surface area contributed by atoms with E-state index in [0.717, 1.165) is 6.26 Å². The van der Waals surface area contributed by atoms with Gasteiger partial charge in [-0.2, -0.15) is 8.42 Å². The highest BCUT2D eigenvalue weighted by Gasteiger charge is 2.70. The molecular formula is C30H37NO11S. The molecule has 0 bridgehead atoms. The van der Waals surface area contributed by atoms with Crippen molar-refractivity contribution in [3.8, 4) is 17.1 Å². The summed E-state index contributed by atoms with van der Waals surface area (Å²) in [6, 6.07) is 4.88. The topological polar surface area (TPSA) is 169 Å². The number of ether oxygens (including phenoxy) is 3. The lowest BCUT2D eigenvalue weighted by molar-refractivity contribution is -0.262. The zero-order valence-corrected chi connectivity index (χ0v) is 25.8. The number of esters is 2. The van der Waals surface area contributed by atoms with Gasteiger partial charge < -0.3 is 23.7 Å². The summed E-state index contributed by atoms with van der Waals surface area (Å²) in [7, 11) is -4.04. The van der Waals surface area contributed by atoms with Crippen LogP contribution in [0.4, 0.5) is 0 Å². The van der Waals surface area contributed by atoms with Crippen molar-refractivity contribution < 1.29 is 45.9 Å². The van der Waals surface area contributed by atoms with Gasteiger partial charge in [-0.3, -0.25) is 18.8 Å². The number of aliphatic hydroxyl groups is 1. The predicted molar refractivity (Wildman–Crippen MR) is 151 cm³/mol. The van der Waals surface area contributed by atoms with Gasteiger partial charge in [-0.05, 0) is 49.7 Å². The summed E-state index contributed by atoms with van der Waals surface area (Å²) in [6.45, 7) is 7.89. The van der Waals surface area contributed by atoms with Crippen LogP contribution in [-0.4, -0.2) is 61.1 Å². The molecule has 2 aliphatic carbocycles. The molecule has 1 aliphatic heterocycles. The van der Waals surface area contributed by atoms with Crippen molar-refractivity contribution in [3.63, 3.8) is 0 Å². The van der Waals surface area contributed by atoms with Gasteiger partial charge in [0.25, 0.3) is 10.1 Å². The second-order valence-corrected chi connectivity index (χ2v) is 14.2. The molecule has 8 atom stereocenters. The van der Waals surface area contributed by atoms with Crippen LogP contribution < -0.4 is 10.4 Å². The van der Waals surface area contributed by atoms with Crippen molar-refractivity contribution in [1.82, 2.24) is 4.98 Å². The zero-order chi connectivity index (χ0) is 31.5. The molecule has 12 nitrogen and oxygen atoms in total. The summed E-state index contributed by atoms with van der Waals surface area (Å²) in [5.74, 6) is -2.20. The Kier molecular flexibility index (Phi) is 7.75. The maximum atomic E-state index is 13.4. The highest BCUT2D eigenvalue weighted by Crippen LogP contribution is 2.67. The minimum absolute atomic E-state index is 0.0572. The largest absolute Gasteiger partial charge is 0.484 e. The molecule has 2 saturated carbocycles. The van der Waals surface area contributed by atoms with Crippen molar-refractivity contribution in [2.75, 3.05) is 12.9 Å². The van der Waals surface area contributed by atoms with E-state index in [9.17, 15) is 27.9 Å². The molecule has 43 heavy (non-hydrogen) atoms. The van der Waals surface area contributed by atoms with E-state index in [4.69, 9.17) is 22.8 Å². The third-order valence-electron chi connectivity index (χ3n) is 9.71. The number of rotatable bonds is 6. The smallest absolute Gasteiger partial charge is 0.345 e. The van der Waals surface area contributed by atoms with Crippen LogP contribution in [0, 0.1) is 22.7 Å². The molecule has 0 aromatic carbocycles. The van der Waals surface area contributed by atoms with Gasteiger partial charge in [0.2, 0.25) is 0 Å². The first-order chi connectivity index (χ1) is 20.0. The molecule has 0 unspecified atom stereocenters. The van der Waals surface area contributed by atoms with Gasteiger partial charge in [0, 0.05) is 49.2 Å². The average molecular weight is 620 g/mol. The lowest BCUT2D eigenvalue weighted by Gasteiger charge is -2.66. The van der Waals surface area contributed by atoms with Crippen LogP contribution >= 0.6 is 0 Å². The number of aliphatic hydroxyl groups excluding tert-OH is 1. The first-order valence-electron chi connectivity index (χ1n) is 14.1. The summed E-state index contributed by atoms with van der Waals surface area (Å²) < 4.78 is 54.3. The summed E-state index contributed by atoms with van der Waals surface area (Å²) in [6.07, 6.45) is 1.67. The number of fused-ring (bicyclic) bond motifs is 4. The number of hydrogen-bond donors (Lipinski definition) is 1. The Morgan fingerprint density at radius 3 is 2.49 bits per heavy atom. The normalized spacial score (nSPS) is 35.0. The number of carbonyl (C=O) groups is 2. The standard InChI is InChI=1S/C30H37NO11S/c1-16(32)38-15-29(4)21-13-23(42-43(6,36)37)30(5)26(28(21,3)10-9-22(29)39-17(2)33)25(34)24-20(41-30)12-19(40-27(24)35)18-8-7-11-31-14-18/h7-8,11-12,14,21-23,25-26,34H,9-10,13,15H2,1-6H3/t21-,22+,23+,25+,26-,28+,29+,30-/m1/s1. The maximum Gasteiger partial charge on any atom is 0.345 e. The highest BCUT2D eigenvalue weighted by molar-refractivity contribution is 7.86. The predicted octanol–water partition coefficient (Wildman–Crippen LogP) is 3.17. The van der Waals surface area contributed by atoms with E-state index >= 15 is 0 Å². The SMILES string of the molecule is CC(=O)OC[C@@]1(C)[C@@H]2C[C@H](OS(C)(=O)=O)[C@@]3(C)Oc4cc(-c5cccnc5)oc(=O)c4[C@H](O)[C@@H]3[C@@]2(C)CC[C@@H]1OC(C)=O. The van der Waals surface area contributed by atoms with E-state index < -0.39 is 74.3 Å². The number of hydrogen-bond acceptors (Lipinski definition) is 12. The molecule has 13 heteroatoms. The minimum Gasteiger partial charge on any atom is -0.484 e. The lowest BCUT2D eigenvalue weighted by Crippen LogP contribution is -2.71. The second kappa shape index (κ2) is 10.7. The van der Waals surface area contributed by atoms with Gasteiger partial charge in [0.15, 0.2) is 0 Å². The van der Waals surface area contributed by atoms with Crippen molar-refractivity contribution >= 4 is 22.1 Å². The summed E-state index contributed by atoms with van der Waals surface area (Å²) in [4.78, 5) is 41.6. The number of pyridine rings is 1. The zero-order valence-electron chi connectivity index (χ0n) is 25.0. The Hall–Kier alpha value is -3.29. The number of aromatic nitrogens is 1. The minimum atomic E-state index is -4.04. The second-order valence-electron chi connectivity index (χ2n) is 12.6. The molecule has 3 aliphatic rings. The quantitative estimate of drug-likeness (QED) is 0.371. The Labute approximate surface area is 249 Å². The van der Waals surface area contributed by atoms with E-state index in [2.05, 4.69) is 4.98 Å². The average Bonchev–Trinajstić information content (AvgIpc) is 2.89. The monoisotopic (exact) mass is 619 g/mol. The van der Waals surface area contributed by atoms with Gasteiger partial charge >= 0.3 is 17.6 Å². The third kappa shape index (κ3) is 5.35. The van der Waals surface area contributed by atoms with Gasteiger partial charge in [-0.15, -0.1) is 0 Å². The highest BCUT2D eigenvalue weighted by atomic mass is 32.2. The van der Waals surface area contributed by atoms with Crippen LogP contribution in [0.3, 0.4) is 0 Å². The summed E-state index contributed by atoms with van der Waals surface area (Å²) in [5, 5.41) is 12.1. The molecule has 0 radical (unpaired) electrons. The Morgan fingerprint density at radius 1 is 1.16 bits per heavy atom. The summed E-state index contributed by atoms with van der Waals surface area (Å²) >= 11 is 0. The van der Waals surface area contributed by atoms with E-state index in [0.29, 0.717) is 18.4 Å².